The SMILES string of the molecule is Cc1c(CC(=O)N(C)C2CCCCC2)nc(-c2ccc(Cl)cc2Cl)n1-c1ccc(Br)cc1. The van der Waals surface area contributed by atoms with Crippen LogP contribution in [-0.2, 0) is 11.2 Å². The summed E-state index contributed by atoms with van der Waals surface area (Å²) in [6, 6.07) is 13.7. The van der Waals surface area contributed by atoms with E-state index in [-0.39, 0.29) is 12.3 Å². The van der Waals surface area contributed by atoms with E-state index in [4.69, 9.17) is 28.2 Å². The van der Waals surface area contributed by atoms with Gasteiger partial charge in [0, 0.05) is 39.5 Å². The quantitative estimate of drug-likeness (QED) is 0.345. The van der Waals surface area contributed by atoms with Gasteiger partial charge in [0.15, 0.2) is 0 Å². The molecule has 0 saturated heterocycles. The predicted octanol–water partition coefficient (Wildman–Crippen LogP) is 7.25. The Kier molecular flexibility index (Phi) is 7.28. The van der Waals surface area contributed by atoms with Crippen molar-refractivity contribution in [2.45, 2.75) is 51.5 Å². The van der Waals surface area contributed by atoms with Gasteiger partial charge >= 0.3 is 0 Å². The van der Waals surface area contributed by atoms with Crippen molar-refractivity contribution in [3.63, 3.8) is 0 Å². The largest absolute Gasteiger partial charge is 0.342 e. The van der Waals surface area contributed by atoms with Crippen molar-refractivity contribution in [2.24, 2.45) is 0 Å². The lowest BCUT2D eigenvalue weighted by molar-refractivity contribution is -0.131. The Labute approximate surface area is 207 Å². The van der Waals surface area contributed by atoms with Gasteiger partial charge in [0.05, 0.1) is 17.1 Å². The average molecular weight is 535 g/mol. The molecule has 32 heavy (non-hydrogen) atoms. The van der Waals surface area contributed by atoms with Crippen molar-refractivity contribution >= 4 is 45.0 Å². The zero-order valence-electron chi connectivity index (χ0n) is 18.2. The van der Waals surface area contributed by atoms with Crippen LogP contribution in [0.1, 0.15) is 43.5 Å². The van der Waals surface area contributed by atoms with E-state index in [0.717, 1.165) is 40.0 Å². The molecule has 0 spiro atoms. The molecule has 3 aromatic rings. The van der Waals surface area contributed by atoms with Gasteiger partial charge in [-0.2, -0.15) is 0 Å². The number of rotatable bonds is 5. The number of hydrogen-bond acceptors (Lipinski definition) is 2. The second kappa shape index (κ2) is 9.98. The number of aromatic nitrogens is 2. The molecule has 0 atom stereocenters. The van der Waals surface area contributed by atoms with E-state index >= 15 is 0 Å². The van der Waals surface area contributed by atoms with Crippen molar-refractivity contribution in [1.29, 1.82) is 0 Å². The minimum absolute atomic E-state index is 0.106. The third-order valence-corrected chi connectivity index (χ3v) is 7.37. The third-order valence-electron chi connectivity index (χ3n) is 6.30. The molecule has 1 aliphatic rings. The average Bonchev–Trinajstić information content (AvgIpc) is 3.10. The summed E-state index contributed by atoms with van der Waals surface area (Å²) < 4.78 is 3.06. The molecule has 1 saturated carbocycles. The Morgan fingerprint density at radius 1 is 1.12 bits per heavy atom. The summed E-state index contributed by atoms with van der Waals surface area (Å²) in [5, 5.41) is 1.10. The molecule has 0 bridgehead atoms. The zero-order chi connectivity index (χ0) is 22.8. The summed E-state index contributed by atoms with van der Waals surface area (Å²) in [6.07, 6.45) is 6.08. The van der Waals surface area contributed by atoms with Gasteiger partial charge in [-0.1, -0.05) is 58.4 Å². The van der Waals surface area contributed by atoms with Crippen LogP contribution in [0.25, 0.3) is 17.1 Å². The van der Waals surface area contributed by atoms with Gasteiger partial charge in [0.1, 0.15) is 5.82 Å². The van der Waals surface area contributed by atoms with Gasteiger partial charge in [-0.15, -0.1) is 0 Å². The number of nitrogens with zero attached hydrogens (tertiary/aromatic N) is 3. The first-order chi connectivity index (χ1) is 15.3. The molecule has 1 aliphatic carbocycles. The molecule has 0 aliphatic heterocycles. The van der Waals surface area contributed by atoms with Gasteiger partial charge in [-0.05, 0) is 62.2 Å². The highest BCUT2D eigenvalue weighted by atomic mass is 79.9. The van der Waals surface area contributed by atoms with Crippen LogP contribution >= 0.6 is 39.1 Å². The highest BCUT2D eigenvalue weighted by Gasteiger charge is 2.25. The van der Waals surface area contributed by atoms with Gasteiger partial charge in [-0.25, -0.2) is 4.98 Å². The summed E-state index contributed by atoms with van der Waals surface area (Å²) in [7, 11) is 1.93. The van der Waals surface area contributed by atoms with E-state index in [1.807, 2.05) is 49.2 Å². The first-order valence-electron chi connectivity index (χ1n) is 10.9. The molecule has 4 nitrogen and oxygen atoms in total. The van der Waals surface area contributed by atoms with Crippen LogP contribution in [0.3, 0.4) is 0 Å². The molecule has 1 fully saturated rings. The van der Waals surface area contributed by atoms with Crippen LogP contribution in [0.2, 0.25) is 10.0 Å². The van der Waals surface area contributed by atoms with E-state index in [1.165, 1.54) is 19.3 Å². The van der Waals surface area contributed by atoms with Crippen LogP contribution in [0.4, 0.5) is 0 Å². The lowest BCUT2D eigenvalue weighted by atomic mass is 9.94. The van der Waals surface area contributed by atoms with Crippen LogP contribution in [0.15, 0.2) is 46.9 Å². The number of carbonyl (C=O) groups excluding carboxylic acids is 1. The molecule has 2 aromatic carbocycles. The topological polar surface area (TPSA) is 38.1 Å². The number of imidazole rings is 1. The van der Waals surface area contributed by atoms with E-state index in [2.05, 4.69) is 20.5 Å². The lowest BCUT2D eigenvalue weighted by Crippen LogP contribution is -2.39. The number of benzene rings is 2. The minimum atomic E-state index is 0.106. The number of carbonyl (C=O) groups is 1. The second-order valence-corrected chi connectivity index (χ2v) is 10.1. The van der Waals surface area contributed by atoms with Gasteiger partial charge in [0.2, 0.25) is 5.91 Å². The normalized spacial score (nSPS) is 14.5. The zero-order valence-corrected chi connectivity index (χ0v) is 21.3. The van der Waals surface area contributed by atoms with Crippen LogP contribution in [0, 0.1) is 6.92 Å². The summed E-state index contributed by atoms with van der Waals surface area (Å²) in [5.74, 6) is 0.809. The molecule has 0 unspecified atom stereocenters. The fourth-order valence-electron chi connectivity index (χ4n) is 4.41. The van der Waals surface area contributed by atoms with Gasteiger partial charge in [0.25, 0.3) is 0 Å². The molecule has 1 heterocycles. The molecule has 168 valence electrons. The number of halogens is 3. The monoisotopic (exact) mass is 533 g/mol. The molecule has 0 N–H and O–H groups in total. The van der Waals surface area contributed by atoms with Crippen molar-refractivity contribution in [3.05, 3.63) is 68.4 Å². The summed E-state index contributed by atoms with van der Waals surface area (Å²) in [5.41, 5.74) is 3.43. The molecule has 7 heteroatoms. The Bertz CT molecular complexity index is 1120. The van der Waals surface area contributed by atoms with Gasteiger partial charge < -0.3 is 4.90 Å². The molecule has 0 radical (unpaired) electrons. The molecular weight excluding hydrogens is 509 g/mol. The number of amides is 1. The highest BCUT2D eigenvalue weighted by Crippen LogP contribution is 2.34. The third kappa shape index (κ3) is 4.90. The maximum Gasteiger partial charge on any atom is 0.228 e. The lowest BCUT2D eigenvalue weighted by Gasteiger charge is -2.31. The molecule has 1 amide bonds. The van der Waals surface area contributed by atoms with Crippen LogP contribution in [-0.4, -0.2) is 33.4 Å². The molecule has 1 aromatic heterocycles. The Morgan fingerprint density at radius 2 is 1.81 bits per heavy atom. The Balaban J connectivity index is 1.73. The molecule has 4 rings (SSSR count). The minimum Gasteiger partial charge on any atom is -0.342 e. The maximum absolute atomic E-state index is 13.1. The second-order valence-electron chi connectivity index (χ2n) is 8.38. The first kappa shape index (κ1) is 23.3. The fourth-order valence-corrected chi connectivity index (χ4v) is 5.17. The van der Waals surface area contributed by atoms with E-state index in [0.29, 0.717) is 21.9 Å². The van der Waals surface area contributed by atoms with E-state index in [1.54, 1.807) is 12.1 Å². The predicted molar refractivity (Wildman–Crippen MR) is 135 cm³/mol. The number of hydrogen-bond donors (Lipinski definition) is 0. The van der Waals surface area contributed by atoms with Crippen LogP contribution in [0.5, 0.6) is 0 Å². The highest BCUT2D eigenvalue weighted by molar-refractivity contribution is 9.10. The summed E-state index contributed by atoms with van der Waals surface area (Å²) >= 11 is 16.2. The van der Waals surface area contributed by atoms with Crippen molar-refractivity contribution < 1.29 is 4.79 Å². The van der Waals surface area contributed by atoms with Crippen molar-refractivity contribution in [3.8, 4) is 17.1 Å². The maximum atomic E-state index is 13.1. The van der Waals surface area contributed by atoms with Crippen molar-refractivity contribution in [2.75, 3.05) is 7.05 Å². The van der Waals surface area contributed by atoms with Crippen LogP contribution < -0.4 is 0 Å². The fraction of sp³-hybridized carbons (Fsp3) is 0.360. The summed E-state index contributed by atoms with van der Waals surface area (Å²) in [4.78, 5) is 20.0. The smallest absolute Gasteiger partial charge is 0.228 e. The Hall–Kier alpha value is -1.82. The van der Waals surface area contributed by atoms with Crippen molar-refractivity contribution in [1.82, 2.24) is 14.5 Å². The summed E-state index contributed by atoms with van der Waals surface area (Å²) in [6.45, 7) is 2.01. The standard InChI is InChI=1S/C25H26BrCl2N3O/c1-16-23(15-24(32)30(2)19-6-4-3-5-7-19)29-25(21-13-10-18(27)14-22(21)28)31(16)20-11-8-17(26)9-12-20/h8-14,19H,3-7,15H2,1-2H3. The van der Waals surface area contributed by atoms with E-state index in [9.17, 15) is 4.79 Å². The molecular formula is C25H26BrCl2N3O. The van der Waals surface area contributed by atoms with E-state index < -0.39 is 0 Å². The van der Waals surface area contributed by atoms with Gasteiger partial charge in [-0.3, -0.25) is 9.36 Å². The first-order valence-corrected chi connectivity index (χ1v) is 12.5. The number of likely N-dealkylation sites (N-methyl/N-ethyl adjacent to an activating group) is 1. The Morgan fingerprint density at radius 3 is 2.47 bits per heavy atom.